The fourth-order valence-electron chi connectivity index (χ4n) is 3.69. The number of rotatable bonds is 7. The Morgan fingerprint density at radius 2 is 1.43 bits per heavy atom. The van der Waals surface area contributed by atoms with E-state index in [1.807, 2.05) is 72.8 Å². The zero-order chi connectivity index (χ0) is 24.2. The van der Waals surface area contributed by atoms with E-state index >= 15 is 0 Å². The van der Waals surface area contributed by atoms with Gasteiger partial charge in [0.2, 0.25) is 5.89 Å². The Hall–Kier alpha value is -4.65. The number of nitrogens with zero attached hydrogens (tertiary/aromatic N) is 2. The van der Waals surface area contributed by atoms with E-state index in [0.717, 1.165) is 11.1 Å². The van der Waals surface area contributed by atoms with Crippen LogP contribution in [0.3, 0.4) is 0 Å². The minimum Gasteiger partial charge on any atom is -0.482 e. The van der Waals surface area contributed by atoms with Gasteiger partial charge in [0.1, 0.15) is 11.4 Å². The van der Waals surface area contributed by atoms with Crippen molar-refractivity contribution in [1.29, 1.82) is 0 Å². The van der Waals surface area contributed by atoms with E-state index in [4.69, 9.17) is 18.6 Å². The topological polar surface area (TPSA) is 87.6 Å². The van der Waals surface area contributed by atoms with Crippen molar-refractivity contribution in [3.63, 3.8) is 0 Å². The molecule has 0 aliphatic rings. The predicted molar refractivity (Wildman–Crippen MR) is 131 cm³/mol. The van der Waals surface area contributed by atoms with Crippen LogP contribution < -0.4 is 4.74 Å². The van der Waals surface area contributed by atoms with Gasteiger partial charge in [-0.05, 0) is 12.1 Å². The Kier molecular flexibility index (Phi) is 6.13. The average Bonchev–Trinajstić information content (AvgIpc) is 3.52. The summed E-state index contributed by atoms with van der Waals surface area (Å²) in [6.07, 6.45) is 0. The van der Waals surface area contributed by atoms with Crippen molar-refractivity contribution >= 4 is 5.97 Å². The van der Waals surface area contributed by atoms with Crippen LogP contribution in [0.15, 0.2) is 93.8 Å². The fraction of sp³-hybridized carbons (Fsp3) is 0.107. The lowest BCUT2D eigenvalue weighted by Crippen LogP contribution is -2.12. The average molecular weight is 466 g/mol. The van der Waals surface area contributed by atoms with Crippen molar-refractivity contribution in [2.75, 3.05) is 13.7 Å². The molecule has 0 amide bonds. The standard InChI is InChI=1S/C28H22N2O5/c1-18-29-25(27(34-18)21-14-9-15-22(16-21)33-17-23(31)32-2)28-30-24(19-10-5-3-6-11-19)26(35-28)20-12-7-4-8-13-20/h3-16H,17H2,1-2H3. The molecule has 5 rings (SSSR count). The fourth-order valence-corrected chi connectivity index (χ4v) is 3.69. The summed E-state index contributed by atoms with van der Waals surface area (Å²) in [5.74, 6) is 1.98. The maximum Gasteiger partial charge on any atom is 0.343 e. The Morgan fingerprint density at radius 1 is 0.771 bits per heavy atom. The number of methoxy groups -OCH3 is 1. The largest absolute Gasteiger partial charge is 0.482 e. The molecule has 7 nitrogen and oxygen atoms in total. The molecule has 5 aromatic rings. The molecule has 174 valence electrons. The van der Waals surface area contributed by atoms with Crippen molar-refractivity contribution in [1.82, 2.24) is 9.97 Å². The second-order valence-electron chi connectivity index (χ2n) is 7.73. The SMILES string of the molecule is COC(=O)COc1cccc(-c2oc(C)nc2-c2nc(-c3ccccc3)c(-c3ccccc3)o2)c1. The number of aromatic nitrogens is 2. The summed E-state index contributed by atoms with van der Waals surface area (Å²) in [5, 5.41) is 0. The Bertz CT molecular complexity index is 1400. The molecule has 0 saturated carbocycles. The number of oxazole rings is 2. The van der Waals surface area contributed by atoms with E-state index in [0.29, 0.717) is 46.0 Å². The lowest BCUT2D eigenvalue weighted by Gasteiger charge is -2.06. The van der Waals surface area contributed by atoms with Gasteiger partial charge in [0.25, 0.3) is 0 Å². The van der Waals surface area contributed by atoms with Crippen molar-refractivity contribution < 1.29 is 23.1 Å². The van der Waals surface area contributed by atoms with Gasteiger partial charge in [-0.2, -0.15) is 0 Å². The molecule has 0 aliphatic carbocycles. The molecule has 0 fully saturated rings. The molecule has 0 saturated heterocycles. The molecular formula is C28H22N2O5. The van der Waals surface area contributed by atoms with E-state index in [1.165, 1.54) is 7.11 Å². The highest BCUT2D eigenvalue weighted by atomic mass is 16.6. The Balaban J connectivity index is 1.59. The summed E-state index contributed by atoms with van der Waals surface area (Å²) >= 11 is 0. The van der Waals surface area contributed by atoms with Gasteiger partial charge in [0, 0.05) is 23.6 Å². The first kappa shape index (κ1) is 22.2. The van der Waals surface area contributed by atoms with Crippen molar-refractivity contribution in [2.24, 2.45) is 0 Å². The van der Waals surface area contributed by atoms with Gasteiger partial charge in [-0.15, -0.1) is 0 Å². The number of esters is 1. The monoisotopic (exact) mass is 466 g/mol. The van der Waals surface area contributed by atoms with Crippen LogP contribution in [0.1, 0.15) is 5.89 Å². The van der Waals surface area contributed by atoms with Crippen LogP contribution in [-0.4, -0.2) is 29.7 Å². The van der Waals surface area contributed by atoms with Gasteiger partial charge >= 0.3 is 5.97 Å². The summed E-state index contributed by atoms with van der Waals surface area (Å²) in [6.45, 7) is 1.58. The Morgan fingerprint density at radius 3 is 2.14 bits per heavy atom. The third-order valence-corrected chi connectivity index (χ3v) is 5.33. The normalized spacial score (nSPS) is 10.8. The van der Waals surface area contributed by atoms with Crippen LogP contribution in [0.5, 0.6) is 5.75 Å². The maximum atomic E-state index is 11.5. The molecule has 0 bridgehead atoms. The summed E-state index contributed by atoms with van der Waals surface area (Å²) in [4.78, 5) is 20.9. The zero-order valence-electron chi connectivity index (χ0n) is 19.2. The van der Waals surface area contributed by atoms with Gasteiger partial charge in [-0.3, -0.25) is 0 Å². The van der Waals surface area contributed by atoms with Gasteiger partial charge in [0.15, 0.2) is 29.7 Å². The molecule has 0 atom stereocenters. The number of hydrogen-bond acceptors (Lipinski definition) is 7. The molecular weight excluding hydrogens is 444 g/mol. The highest BCUT2D eigenvalue weighted by Gasteiger charge is 2.24. The van der Waals surface area contributed by atoms with Crippen LogP contribution in [0.25, 0.3) is 45.5 Å². The van der Waals surface area contributed by atoms with E-state index in [-0.39, 0.29) is 6.61 Å². The molecule has 2 aromatic heterocycles. The van der Waals surface area contributed by atoms with Crippen LogP contribution in [0.4, 0.5) is 0 Å². The van der Waals surface area contributed by atoms with Crippen LogP contribution in [-0.2, 0) is 9.53 Å². The second-order valence-corrected chi connectivity index (χ2v) is 7.73. The number of carbonyl (C=O) groups excluding carboxylic acids is 1. The minimum absolute atomic E-state index is 0.192. The highest BCUT2D eigenvalue weighted by Crippen LogP contribution is 2.39. The third-order valence-electron chi connectivity index (χ3n) is 5.33. The van der Waals surface area contributed by atoms with Crippen LogP contribution in [0, 0.1) is 6.92 Å². The van der Waals surface area contributed by atoms with Gasteiger partial charge in [0.05, 0.1) is 7.11 Å². The number of benzene rings is 3. The molecule has 2 heterocycles. The number of hydrogen-bond donors (Lipinski definition) is 0. The zero-order valence-corrected chi connectivity index (χ0v) is 19.2. The number of ether oxygens (including phenoxy) is 2. The van der Waals surface area contributed by atoms with E-state index in [9.17, 15) is 4.79 Å². The second kappa shape index (κ2) is 9.69. The lowest BCUT2D eigenvalue weighted by molar-refractivity contribution is -0.142. The first-order valence-corrected chi connectivity index (χ1v) is 11.0. The first-order valence-electron chi connectivity index (χ1n) is 11.0. The lowest BCUT2D eigenvalue weighted by atomic mass is 10.1. The molecule has 7 heteroatoms. The highest BCUT2D eigenvalue weighted by molar-refractivity contribution is 5.81. The molecule has 0 radical (unpaired) electrons. The van der Waals surface area contributed by atoms with Gasteiger partial charge in [-0.1, -0.05) is 72.8 Å². The summed E-state index contributed by atoms with van der Waals surface area (Å²) in [6, 6.07) is 26.9. The smallest absolute Gasteiger partial charge is 0.343 e. The molecule has 35 heavy (non-hydrogen) atoms. The summed E-state index contributed by atoms with van der Waals surface area (Å²) in [7, 11) is 1.31. The minimum atomic E-state index is -0.465. The Labute approximate surface area is 202 Å². The third kappa shape index (κ3) is 4.70. The van der Waals surface area contributed by atoms with E-state index in [2.05, 4.69) is 9.72 Å². The molecule has 0 N–H and O–H groups in total. The maximum absolute atomic E-state index is 11.5. The van der Waals surface area contributed by atoms with E-state index < -0.39 is 5.97 Å². The summed E-state index contributed by atoms with van der Waals surface area (Å²) < 4.78 is 22.5. The molecule has 0 unspecified atom stereocenters. The quantitative estimate of drug-likeness (QED) is 0.264. The molecule has 0 spiro atoms. The van der Waals surface area contributed by atoms with Gasteiger partial charge in [-0.25, -0.2) is 14.8 Å². The van der Waals surface area contributed by atoms with Crippen molar-refractivity contribution in [3.05, 3.63) is 90.8 Å². The van der Waals surface area contributed by atoms with E-state index in [1.54, 1.807) is 19.1 Å². The summed E-state index contributed by atoms with van der Waals surface area (Å²) in [5.41, 5.74) is 3.75. The van der Waals surface area contributed by atoms with Crippen molar-refractivity contribution in [3.8, 4) is 51.2 Å². The van der Waals surface area contributed by atoms with Crippen LogP contribution >= 0.6 is 0 Å². The number of carbonyl (C=O) groups is 1. The molecule has 0 aliphatic heterocycles. The number of aryl methyl sites for hydroxylation is 1. The van der Waals surface area contributed by atoms with Crippen LogP contribution in [0.2, 0.25) is 0 Å². The predicted octanol–water partition coefficient (Wildman–Crippen LogP) is 6.19. The van der Waals surface area contributed by atoms with Crippen molar-refractivity contribution in [2.45, 2.75) is 6.92 Å². The molecule has 3 aromatic carbocycles. The van der Waals surface area contributed by atoms with Gasteiger partial charge < -0.3 is 18.3 Å². The first-order chi connectivity index (χ1) is 17.1.